The first-order chi connectivity index (χ1) is 9.97. The SMILES string of the molecule is CC(C)Oc1ccccc1Nc1ncc(C(=O)O)c(=O)[nH]1. The molecule has 0 saturated heterocycles. The lowest BCUT2D eigenvalue weighted by Gasteiger charge is -2.14. The fourth-order valence-corrected chi connectivity index (χ4v) is 1.66. The van der Waals surface area contributed by atoms with Gasteiger partial charge in [0, 0.05) is 0 Å². The molecule has 110 valence electrons. The van der Waals surface area contributed by atoms with Crippen molar-refractivity contribution in [2.75, 3.05) is 5.32 Å². The fourth-order valence-electron chi connectivity index (χ4n) is 1.66. The molecule has 0 atom stereocenters. The van der Waals surface area contributed by atoms with Gasteiger partial charge < -0.3 is 15.2 Å². The summed E-state index contributed by atoms with van der Waals surface area (Å²) in [6, 6.07) is 7.18. The summed E-state index contributed by atoms with van der Waals surface area (Å²) in [7, 11) is 0. The highest BCUT2D eigenvalue weighted by Crippen LogP contribution is 2.26. The van der Waals surface area contributed by atoms with Gasteiger partial charge in [-0.25, -0.2) is 9.78 Å². The molecule has 0 aliphatic rings. The van der Waals surface area contributed by atoms with Crippen molar-refractivity contribution in [3.63, 3.8) is 0 Å². The molecule has 1 aromatic carbocycles. The first kappa shape index (κ1) is 14.6. The lowest BCUT2D eigenvalue weighted by Crippen LogP contribution is -2.19. The van der Waals surface area contributed by atoms with Crippen LogP contribution in [0.25, 0.3) is 0 Å². The molecule has 0 bridgehead atoms. The van der Waals surface area contributed by atoms with Gasteiger partial charge in [0.1, 0.15) is 11.3 Å². The molecule has 0 unspecified atom stereocenters. The average Bonchev–Trinajstić information content (AvgIpc) is 2.40. The van der Waals surface area contributed by atoms with Crippen LogP contribution < -0.4 is 15.6 Å². The number of benzene rings is 1. The number of ether oxygens (including phenoxy) is 1. The van der Waals surface area contributed by atoms with Crippen molar-refractivity contribution in [1.82, 2.24) is 9.97 Å². The highest BCUT2D eigenvalue weighted by atomic mass is 16.5. The van der Waals surface area contributed by atoms with Crippen molar-refractivity contribution in [2.24, 2.45) is 0 Å². The Balaban J connectivity index is 2.28. The van der Waals surface area contributed by atoms with Crippen molar-refractivity contribution in [3.8, 4) is 5.75 Å². The van der Waals surface area contributed by atoms with Gasteiger partial charge in [-0.15, -0.1) is 0 Å². The van der Waals surface area contributed by atoms with E-state index < -0.39 is 17.1 Å². The van der Waals surface area contributed by atoms with Crippen LogP contribution in [-0.2, 0) is 0 Å². The summed E-state index contributed by atoms with van der Waals surface area (Å²) in [5, 5.41) is 11.7. The molecule has 0 amide bonds. The third-order valence-corrected chi connectivity index (χ3v) is 2.53. The zero-order valence-electron chi connectivity index (χ0n) is 11.6. The first-order valence-corrected chi connectivity index (χ1v) is 6.32. The van der Waals surface area contributed by atoms with Crippen molar-refractivity contribution in [1.29, 1.82) is 0 Å². The summed E-state index contributed by atoms with van der Waals surface area (Å²) < 4.78 is 5.63. The topological polar surface area (TPSA) is 104 Å². The number of carboxylic acid groups (broad SMARTS) is 1. The number of carboxylic acids is 1. The molecule has 0 saturated carbocycles. The van der Waals surface area contributed by atoms with Gasteiger partial charge in [0.2, 0.25) is 5.95 Å². The van der Waals surface area contributed by atoms with Gasteiger partial charge >= 0.3 is 5.97 Å². The fraction of sp³-hybridized carbons (Fsp3) is 0.214. The van der Waals surface area contributed by atoms with E-state index in [2.05, 4.69) is 15.3 Å². The maximum atomic E-state index is 11.6. The molecule has 0 spiro atoms. The second kappa shape index (κ2) is 6.08. The van der Waals surface area contributed by atoms with Gasteiger partial charge in [0.05, 0.1) is 18.0 Å². The van der Waals surface area contributed by atoms with E-state index in [1.807, 2.05) is 19.9 Å². The Labute approximate surface area is 120 Å². The van der Waals surface area contributed by atoms with Crippen LogP contribution in [0.4, 0.5) is 11.6 Å². The molecule has 0 aliphatic heterocycles. The van der Waals surface area contributed by atoms with Gasteiger partial charge in [0.25, 0.3) is 5.56 Å². The second-order valence-electron chi connectivity index (χ2n) is 4.57. The van der Waals surface area contributed by atoms with Crippen molar-refractivity contribution in [2.45, 2.75) is 20.0 Å². The summed E-state index contributed by atoms with van der Waals surface area (Å²) in [5.74, 6) is -0.568. The Hall–Kier alpha value is -2.83. The smallest absolute Gasteiger partial charge is 0.342 e. The van der Waals surface area contributed by atoms with Gasteiger partial charge in [-0.05, 0) is 26.0 Å². The number of H-pyrrole nitrogens is 1. The van der Waals surface area contributed by atoms with Crippen molar-refractivity contribution >= 4 is 17.6 Å². The average molecular weight is 289 g/mol. The number of para-hydroxylation sites is 2. The first-order valence-electron chi connectivity index (χ1n) is 6.32. The minimum absolute atomic E-state index is 0.00524. The molecule has 0 aliphatic carbocycles. The predicted octanol–water partition coefficient (Wildman–Crippen LogP) is 2.00. The van der Waals surface area contributed by atoms with Crippen LogP contribution >= 0.6 is 0 Å². The Morgan fingerprint density at radius 2 is 2.10 bits per heavy atom. The van der Waals surface area contributed by atoms with E-state index in [9.17, 15) is 9.59 Å². The monoisotopic (exact) mass is 289 g/mol. The van der Waals surface area contributed by atoms with Crippen molar-refractivity contribution in [3.05, 3.63) is 46.4 Å². The molecule has 3 N–H and O–H groups in total. The van der Waals surface area contributed by atoms with E-state index in [1.54, 1.807) is 18.2 Å². The number of rotatable bonds is 5. The Bertz CT molecular complexity index is 709. The molecular formula is C14H15N3O4. The maximum Gasteiger partial charge on any atom is 0.342 e. The van der Waals surface area contributed by atoms with E-state index >= 15 is 0 Å². The van der Waals surface area contributed by atoms with Gasteiger partial charge in [0.15, 0.2) is 0 Å². The van der Waals surface area contributed by atoms with Crippen LogP contribution in [0.5, 0.6) is 5.75 Å². The number of nitrogens with one attached hydrogen (secondary N) is 2. The van der Waals surface area contributed by atoms with Crippen LogP contribution in [0.15, 0.2) is 35.3 Å². The van der Waals surface area contributed by atoms with Crippen LogP contribution in [0.2, 0.25) is 0 Å². The number of aromatic carboxylic acids is 1. The van der Waals surface area contributed by atoms with Gasteiger partial charge in [-0.2, -0.15) is 0 Å². The van der Waals surface area contributed by atoms with Gasteiger partial charge in [-0.1, -0.05) is 12.1 Å². The molecule has 1 heterocycles. The number of hydrogen-bond acceptors (Lipinski definition) is 5. The van der Waals surface area contributed by atoms with Crippen LogP contribution in [-0.4, -0.2) is 27.1 Å². The molecule has 7 nitrogen and oxygen atoms in total. The van der Waals surface area contributed by atoms with E-state index in [-0.39, 0.29) is 12.1 Å². The van der Waals surface area contributed by atoms with Crippen LogP contribution in [0.1, 0.15) is 24.2 Å². The third kappa shape index (κ3) is 3.59. The Morgan fingerprint density at radius 3 is 2.71 bits per heavy atom. The second-order valence-corrected chi connectivity index (χ2v) is 4.57. The number of anilines is 2. The lowest BCUT2D eigenvalue weighted by molar-refractivity contribution is 0.0694. The van der Waals surface area contributed by atoms with Gasteiger partial charge in [-0.3, -0.25) is 9.78 Å². The lowest BCUT2D eigenvalue weighted by atomic mass is 10.3. The molecule has 0 fully saturated rings. The Kier molecular flexibility index (Phi) is 4.22. The minimum atomic E-state index is -1.32. The van der Waals surface area contributed by atoms with E-state index in [0.717, 1.165) is 6.20 Å². The molecule has 0 radical (unpaired) electrons. The maximum absolute atomic E-state index is 11.6. The zero-order chi connectivity index (χ0) is 15.4. The third-order valence-electron chi connectivity index (χ3n) is 2.53. The minimum Gasteiger partial charge on any atom is -0.489 e. The quantitative estimate of drug-likeness (QED) is 0.777. The molecule has 2 aromatic rings. The number of nitrogens with zero attached hydrogens (tertiary/aromatic N) is 1. The normalized spacial score (nSPS) is 10.4. The summed E-state index contributed by atoms with van der Waals surface area (Å²) in [4.78, 5) is 28.6. The van der Waals surface area contributed by atoms with E-state index in [0.29, 0.717) is 11.4 Å². The predicted molar refractivity (Wildman–Crippen MR) is 77.3 cm³/mol. The molecule has 2 rings (SSSR count). The van der Waals surface area contributed by atoms with E-state index in [4.69, 9.17) is 9.84 Å². The summed E-state index contributed by atoms with van der Waals surface area (Å²) in [6.45, 7) is 3.80. The number of aromatic amines is 1. The highest BCUT2D eigenvalue weighted by molar-refractivity contribution is 5.86. The standard InChI is InChI=1S/C14H15N3O4/c1-8(2)21-11-6-4-3-5-10(11)16-14-15-7-9(13(19)20)12(18)17-14/h3-8H,1-2H3,(H,19,20)(H2,15,16,17,18). The summed E-state index contributed by atoms with van der Waals surface area (Å²) in [6.07, 6.45) is 1.00. The molecular weight excluding hydrogens is 274 g/mol. The zero-order valence-corrected chi connectivity index (χ0v) is 11.6. The van der Waals surface area contributed by atoms with Crippen molar-refractivity contribution < 1.29 is 14.6 Å². The molecule has 21 heavy (non-hydrogen) atoms. The number of carbonyl (C=O) groups is 1. The van der Waals surface area contributed by atoms with E-state index in [1.165, 1.54) is 0 Å². The number of hydrogen-bond donors (Lipinski definition) is 3. The summed E-state index contributed by atoms with van der Waals surface area (Å²) in [5.41, 5.74) is -0.507. The largest absolute Gasteiger partial charge is 0.489 e. The highest BCUT2D eigenvalue weighted by Gasteiger charge is 2.11. The summed E-state index contributed by atoms with van der Waals surface area (Å²) >= 11 is 0. The van der Waals surface area contributed by atoms with Crippen LogP contribution in [0.3, 0.4) is 0 Å². The number of aromatic nitrogens is 2. The molecule has 1 aromatic heterocycles. The Morgan fingerprint density at radius 1 is 1.38 bits per heavy atom. The van der Waals surface area contributed by atoms with Crippen LogP contribution in [0, 0.1) is 0 Å². The molecule has 7 heteroatoms.